The van der Waals surface area contributed by atoms with Gasteiger partial charge in [-0.1, -0.05) is 18.2 Å². The summed E-state index contributed by atoms with van der Waals surface area (Å²) >= 11 is 0. The lowest BCUT2D eigenvalue weighted by Gasteiger charge is -2.33. The summed E-state index contributed by atoms with van der Waals surface area (Å²) in [5.41, 5.74) is 1.76. The maximum absolute atomic E-state index is 13.3. The Hall–Kier alpha value is -2.12. The van der Waals surface area contributed by atoms with Gasteiger partial charge in [-0.2, -0.15) is 0 Å². The molecule has 0 bridgehead atoms. The summed E-state index contributed by atoms with van der Waals surface area (Å²) in [6, 6.07) is 8.38. The number of aromatic nitrogens is 1. The predicted octanol–water partition coefficient (Wildman–Crippen LogP) is 2.21. The third kappa shape index (κ3) is 4.49. The fourth-order valence-electron chi connectivity index (χ4n) is 3.05. The summed E-state index contributed by atoms with van der Waals surface area (Å²) in [6.45, 7) is 2.00. The predicted molar refractivity (Wildman–Crippen MR) is 90.4 cm³/mol. The third-order valence-corrected chi connectivity index (χ3v) is 4.42. The van der Waals surface area contributed by atoms with E-state index in [9.17, 15) is 13.6 Å². The number of alkyl halides is 2. The molecule has 0 saturated carbocycles. The van der Waals surface area contributed by atoms with Gasteiger partial charge in [-0.3, -0.25) is 14.7 Å². The van der Waals surface area contributed by atoms with Gasteiger partial charge in [0.05, 0.1) is 24.8 Å². The van der Waals surface area contributed by atoms with Crippen LogP contribution in [0, 0.1) is 0 Å². The largest absolute Gasteiger partial charge is 0.379 e. The van der Waals surface area contributed by atoms with E-state index in [2.05, 4.69) is 10.3 Å². The maximum atomic E-state index is 13.3. The highest BCUT2D eigenvalue weighted by molar-refractivity contribution is 5.83. The van der Waals surface area contributed by atoms with Crippen molar-refractivity contribution >= 4 is 16.8 Å². The number of halogens is 2. The minimum atomic E-state index is -2.56. The molecule has 1 aliphatic heterocycles. The Morgan fingerprint density at radius 1 is 1.24 bits per heavy atom. The summed E-state index contributed by atoms with van der Waals surface area (Å²) in [6.07, 6.45) is -1.11. The molecule has 1 atom stereocenters. The van der Waals surface area contributed by atoms with Crippen molar-refractivity contribution in [3.05, 3.63) is 42.1 Å². The van der Waals surface area contributed by atoms with Gasteiger partial charge in [0.15, 0.2) is 0 Å². The van der Waals surface area contributed by atoms with Crippen molar-refractivity contribution in [3.63, 3.8) is 0 Å². The number of hydrogen-bond acceptors (Lipinski definition) is 4. The first kappa shape index (κ1) is 17.7. The van der Waals surface area contributed by atoms with Gasteiger partial charge in [-0.05, 0) is 17.7 Å². The lowest BCUT2D eigenvalue weighted by atomic mass is 10.1. The van der Waals surface area contributed by atoms with Crippen LogP contribution in [0.15, 0.2) is 36.5 Å². The molecule has 25 heavy (non-hydrogen) atoms. The number of benzene rings is 1. The van der Waals surface area contributed by atoms with Crippen molar-refractivity contribution in [2.24, 2.45) is 0 Å². The quantitative estimate of drug-likeness (QED) is 0.869. The molecule has 0 radical (unpaired) electrons. The summed E-state index contributed by atoms with van der Waals surface area (Å²) in [4.78, 5) is 18.1. The molecule has 0 spiro atoms. The first-order chi connectivity index (χ1) is 12.1. The average Bonchev–Trinajstić information content (AvgIpc) is 2.65. The van der Waals surface area contributed by atoms with Gasteiger partial charge in [-0.15, -0.1) is 0 Å². The zero-order chi connectivity index (χ0) is 17.6. The first-order valence-electron chi connectivity index (χ1n) is 8.34. The number of fused-ring (bicyclic) bond motifs is 1. The molecule has 7 heteroatoms. The molecule has 1 saturated heterocycles. The van der Waals surface area contributed by atoms with E-state index in [1.54, 1.807) is 11.1 Å². The number of morpholine rings is 1. The highest BCUT2D eigenvalue weighted by Gasteiger charge is 2.30. The topological polar surface area (TPSA) is 54.5 Å². The molecule has 1 fully saturated rings. The number of ether oxygens (including phenoxy) is 1. The van der Waals surface area contributed by atoms with E-state index >= 15 is 0 Å². The highest BCUT2D eigenvalue weighted by atomic mass is 19.3. The van der Waals surface area contributed by atoms with E-state index in [0.29, 0.717) is 32.8 Å². The van der Waals surface area contributed by atoms with Crippen LogP contribution >= 0.6 is 0 Å². The van der Waals surface area contributed by atoms with Gasteiger partial charge >= 0.3 is 0 Å². The lowest BCUT2D eigenvalue weighted by molar-refractivity contribution is -0.125. The van der Waals surface area contributed by atoms with Crippen LogP contribution in [0.1, 0.15) is 12.0 Å². The SMILES string of the molecule is O=C(CC(C(F)F)N1CCOCC1)NCc1ccnc2ccccc12. The summed E-state index contributed by atoms with van der Waals surface area (Å²) in [5, 5.41) is 3.71. The maximum Gasteiger partial charge on any atom is 0.254 e. The van der Waals surface area contributed by atoms with Crippen LogP contribution in [0.3, 0.4) is 0 Å². The van der Waals surface area contributed by atoms with Crippen LogP contribution in [0.5, 0.6) is 0 Å². The number of hydrogen-bond donors (Lipinski definition) is 1. The van der Waals surface area contributed by atoms with Crippen LogP contribution in [0.25, 0.3) is 10.9 Å². The number of pyridine rings is 1. The molecule has 1 aromatic heterocycles. The Labute approximate surface area is 145 Å². The molecule has 1 aliphatic rings. The van der Waals surface area contributed by atoms with E-state index in [4.69, 9.17) is 4.74 Å². The van der Waals surface area contributed by atoms with Crippen LogP contribution in [0.2, 0.25) is 0 Å². The normalized spacial score (nSPS) is 16.9. The fourth-order valence-corrected chi connectivity index (χ4v) is 3.05. The summed E-state index contributed by atoms with van der Waals surface area (Å²) in [5.74, 6) is -0.377. The Balaban J connectivity index is 1.61. The minimum Gasteiger partial charge on any atom is -0.379 e. The van der Waals surface area contributed by atoms with Gasteiger partial charge in [0, 0.05) is 37.6 Å². The Morgan fingerprint density at radius 2 is 2.00 bits per heavy atom. The van der Waals surface area contributed by atoms with Crippen LogP contribution in [-0.4, -0.2) is 54.6 Å². The number of amides is 1. The molecule has 1 aromatic carbocycles. The first-order valence-corrected chi connectivity index (χ1v) is 8.34. The van der Waals surface area contributed by atoms with E-state index in [0.717, 1.165) is 16.5 Å². The van der Waals surface area contributed by atoms with Gasteiger partial charge in [0.1, 0.15) is 0 Å². The average molecular weight is 349 g/mol. The molecular formula is C18H21F2N3O2. The van der Waals surface area contributed by atoms with Crippen molar-refractivity contribution in [1.29, 1.82) is 0 Å². The highest BCUT2D eigenvalue weighted by Crippen LogP contribution is 2.17. The zero-order valence-electron chi connectivity index (χ0n) is 13.8. The molecule has 3 rings (SSSR count). The molecule has 134 valence electrons. The monoisotopic (exact) mass is 349 g/mol. The number of rotatable bonds is 6. The molecule has 0 aliphatic carbocycles. The number of nitrogens with one attached hydrogen (secondary N) is 1. The van der Waals surface area contributed by atoms with Crippen molar-refractivity contribution in [2.75, 3.05) is 26.3 Å². The van der Waals surface area contributed by atoms with E-state index < -0.39 is 12.5 Å². The second-order valence-corrected chi connectivity index (χ2v) is 6.02. The number of para-hydroxylation sites is 1. The molecule has 1 N–H and O–H groups in total. The van der Waals surface area contributed by atoms with Crippen molar-refractivity contribution < 1.29 is 18.3 Å². The summed E-state index contributed by atoms with van der Waals surface area (Å²) < 4.78 is 31.9. The summed E-state index contributed by atoms with van der Waals surface area (Å²) in [7, 11) is 0. The van der Waals surface area contributed by atoms with Gasteiger partial charge in [0.2, 0.25) is 5.91 Å². The van der Waals surface area contributed by atoms with Gasteiger partial charge in [-0.25, -0.2) is 8.78 Å². The van der Waals surface area contributed by atoms with Crippen molar-refractivity contribution in [1.82, 2.24) is 15.2 Å². The van der Waals surface area contributed by atoms with Crippen LogP contribution < -0.4 is 5.32 Å². The van der Waals surface area contributed by atoms with Crippen molar-refractivity contribution in [3.8, 4) is 0 Å². The van der Waals surface area contributed by atoms with Crippen LogP contribution in [0.4, 0.5) is 8.78 Å². The Bertz CT molecular complexity index is 715. The van der Waals surface area contributed by atoms with Gasteiger partial charge < -0.3 is 10.1 Å². The molecule has 1 unspecified atom stereocenters. The standard InChI is InChI=1S/C18H21F2N3O2/c19-18(20)16(23-7-9-25-10-8-23)11-17(24)22-12-13-5-6-21-15-4-2-1-3-14(13)15/h1-6,16,18H,7-12H2,(H,22,24). The number of carbonyl (C=O) groups excluding carboxylic acids is 1. The van der Waals surface area contributed by atoms with E-state index in [1.165, 1.54) is 0 Å². The Morgan fingerprint density at radius 3 is 2.76 bits per heavy atom. The molecule has 1 amide bonds. The van der Waals surface area contributed by atoms with Gasteiger partial charge in [0.25, 0.3) is 6.43 Å². The third-order valence-electron chi connectivity index (χ3n) is 4.42. The second kappa shape index (κ2) is 8.31. The Kier molecular flexibility index (Phi) is 5.88. The zero-order valence-corrected chi connectivity index (χ0v) is 13.8. The molecular weight excluding hydrogens is 328 g/mol. The van der Waals surface area contributed by atoms with Crippen molar-refractivity contribution in [2.45, 2.75) is 25.4 Å². The number of nitrogens with zero attached hydrogens (tertiary/aromatic N) is 2. The number of carbonyl (C=O) groups is 1. The molecule has 5 nitrogen and oxygen atoms in total. The van der Waals surface area contributed by atoms with E-state index in [1.807, 2.05) is 30.3 Å². The smallest absolute Gasteiger partial charge is 0.254 e. The lowest BCUT2D eigenvalue weighted by Crippen LogP contribution is -2.48. The minimum absolute atomic E-state index is 0.222. The van der Waals surface area contributed by atoms with Crippen LogP contribution in [-0.2, 0) is 16.1 Å². The fraction of sp³-hybridized carbons (Fsp3) is 0.444. The molecule has 2 heterocycles. The second-order valence-electron chi connectivity index (χ2n) is 6.02. The van der Waals surface area contributed by atoms with E-state index in [-0.39, 0.29) is 12.3 Å². The molecule has 2 aromatic rings.